The SMILES string of the molecule is CC(C)(C)[S@@](=O)N[C@@H]1CCCC12CCN(c1ncc(Sc3ccnnc3Cl)c3nccn13)CC2.N[C@@H]1CCCC12CCN(c1ncc(Sc3ccnnc3Cl)c3nccn13)CC2. The van der Waals surface area contributed by atoms with Crippen LogP contribution in [0.4, 0.5) is 11.9 Å². The van der Waals surface area contributed by atoms with E-state index >= 15 is 0 Å². The Balaban J connectivity index is 0.000000161. The van der Waals surface area contributed by atoms with Crippen molar-refractivity contribution in [3.63, 3.8) is 0 Å². The predicted molar refractivity (Wildman–Crippen MR) is 247 cm³/mol. The first-order valence-electron chi connectivity index (χ1n) is 21.3. The second-order valence-corrected chi connectivity index (χ2v) is 22.7. The lowest BCUT2D eigenvalue weighted by Gasteiger charge is -2.44. The Hall–Kier alpha value is -3.65. The molecule has 2 aliphatic carbocycles. The number of hydrogen-bond donors (Lipinski definition) is 2. The Bertz CT molecular complexity index is 2550. The summed E-state index contributed by atoms with van der Waals surface area (Å²) >= 11 is 15.4. The second-order valence-electron chi connectivity index (χ2n) is 17.8. The van der Waals surface area contributed by atoms with Gasteiger partial charge in [-0.15, -0.1) is 10.2 Å². The minimum absolute atomic E-state index is 0.215. The van der Waals surface area contributed by atoms with Crippen molar-refractivity contribution in [1.29, 1.82) is 0 Å². The molecule has 15 nitrogen and oxygen atoms in total. The molecule has 3 atom stereocenters. The third-order valence-electron chi connectivity index (χ3n) is 13.2. The van der Waals surface area contributed by atoms with E-state index < -0.39 is 11.0 Å². The molecule has 4 fully saturated rings. The smallest absolute Gasteiger partial charge is 0.211 e. The van der Waals surface area contributed by atoms with Gasteiger partial charge in [-0.05, 0) is 95.1 Å². The van der Waals surface area contributed by atoms with Crippen molar-refractivity contribution in [2.24, 2.45) is 16.6 Å². The van der Waals surface area contributed by atoms with Gasteiger partial charge in [0.1, 0.15) is 0 Å². The van der Waals surface area contributed by atoms with Gasteiger partial charge in [0.2, 0.25) is 11.9 Å². The minimum atomic E-state index is -1.04. The minimum Gasteiger partial charge on any atom is -0.342 e. The number of anilines is 2. The summed E-state index contributed by atoms with van der Waals surface area (Å²) in [6.45, 7) is 9.91. The van der Waals surface area contributed by atoms with Gasteiger partial charge in [-0.2, -0.15) is 10.2 Å². The number of aromatic nitrogens is 10. The van der Waals surface area contributed by atoms with Crippen LogP contribution in [-0.2, 0) is 11.0 Å². The van der Waals surface area contributed by atoms with Crippen LogP contribution in [0.5, 0.6) is 0 Å². The zero-order valence-corrected chi connectivity index (χ0v) is 39.1. The van der Waals surface area contributed by atoms with E-state index in [2.05, 4.69) is 53.7 Å². The van der Waals surface area contributed by atoms with Crippen LogP contribution in [0, 0.1) is 10.8 Å². The molecule has 0 amide bonds. The summed E-state index contributed by atoms with van der Waals surface area (Å²) in [6, 6.07) is 4.36. The van der Waals surface area contributed by atoms with Crippen molar-refractivity contribution in [2.75, 3.05) is 36.0 Å². The molecule has 10 rings (SSSR count). The van der Waals surface area contributed by atoms with Crippen LogP contribution in [0.15, 0.2) is 81.3 Å². The van der Waals surface area contributed by atoms with Gasteiger partial charge in [0.05, 0.1) is 47.7 Å². The van der Waals surface area contributed by atoms with Gasteiger partial charge in [0.15, 0.2) is 21.6 Å². The third-order valence-corrected chi connectivity index (χ3v) is 17.8. The summed E-state index contributed by atoms with van der Waals surface area (Å²) in [5.41, 5.74) is 8.72. The van der Waals surface area contributed by atoms with E-state index in [0.717, 1.165) is 101 Å². The van der Waals surface area contributed by atoms with Crippen molar-refractivity contribution in [3.8, 4) is 0 Å². The number of nitrogens with two attached hydrogens (primary N) is 1. The van der Waals surface area contributed by atoms with E-state index in [9.17, 15) is 4.21 Å². The molecule has 0 aromatic carbocycles. The van der Waals surface area contributed by atoms with Crippen LogP contribution in [0.25, 0.3) is 11.3 Å². The average molecular weight is 936 g/mol. The van der Waals surface area contributed by atoms with Crippen LogP contribution >= 0.6 is 46.7 Å². The first kappa shape index (κ1) is 43.6. The fourth-order valence-electron chi connectivity index (χ4n) is 9.69. The molecule has 328 valence electrons. The summed E-state index contributed by atoms with van der Waals surface area (Å²) in [5.74, 6) is 1.85. The second kappa shape index (κ2) is 18.1. The number of halogens is 2. The van der Waals surface area contributed by atoms with Crippen LogP contribution < -0.4 is 20.3 Å². The summed E-state index contributed by atoms with van der Waals surface area (Å²) in [4.78, 5) is 27.0. The van der Waals surface area contributed by atoms with Crippen molar-refractivity contribution in [2.45, 2.75) is 121 Å². The monoisotopic (exact) mass is 934 g/mol. The maximum atomic E-state index is 12.8. The summed E-state index contributed by atoms with van der Waals surface area (Å²) in [5, 5.41) is 16.2. The molecule has 2 aliphatic heterocycles. The standard InChI is InChI=1S/C23H30ClN7OS2.C19H22ClN7S/c1-22(2,3)34(32)29-18-5-4-7-23(18)8-12-30(13-9-23)21-26-15-17(20-25-11-14-31(20)21)33-16-6-10-27-28-19(16)24;20-16-13(3-7-24-25-16)28-14-12-23-18(27-11-8-22-17(14)27)26-9-5-19(6-10-26)4-1-2-15(19)21/h6,10-11,14-15,18,29H,4-5,7-9,12-13H2,1-3H3;3,7-8,11-12,15H,1-2,4-6,9-10,21H2/t18-,34-;15-/m11/s1. The van der Waals surface area contributed by atoms with E-state index in [-0.39, 0.29) is 10.2 Å². The molecule has 8 heterocycles. The van der Waals surface area contributed by atoms with Gasteiger partial charge < -0.3 is 15.5 Å². The third kappa shape index (κ3) is 8.76. The quantitative estimate of drug-likeness (QED) is 0.151. The van der Waals surface area contributed by atoms with Gasteiger partial charge in [-0.25, -0.2) is 28.9 Å². The lowest BCUT2D eigenvalue weighted by atomic mass is 9.74. The molecule has 2 saturated heterocycles. The molecular formula is C42H52Cl2N14OS3. The Morgan fingerprint density at radius 3 is 1.65 bits per heavy atom. The normalized spacial score (nSPS) is 21.5. The zero-order valence-electron chi connectivity index (χ0n) is 35.2. The molecule has 0 bridgehead atoms. The van der Waals surface area contributed by atoms with Crippen molar-refractivity contribution in [1.82, 2.24) is 53.9 Å². The molecule has 2 saturated carbocycles. The number of imidazole rings is 2. The largest absolute Gasteiger partial charge is 0.342 e. The van der Waals surface area contributed by atoms with E-state index in [4.69, 9.17) is 38.9 Å². The lowest BCUT2D eigenvalue weighted by molar-refractivity contribution is 0.187. The van der Waals surface area contributed by atoms with Gasteiger partial charge in [0, 0.05) is 75.4 Å². The molecule has 6 aromatic heterocycles. The molecule has 20 heteroatoms. The number of rotatable bonds is 8. The maximum absolute atomic E-state index is 12.8. The van der Waals surface area contributed by atoms with Gasteiger partial charge in [-0.1, -0.05) is 59.6 Å². The Labute approximate surface area is 382 Å². The molecule has 4 aliphatic rings. The molecule has 0 unspecified atom stereocenters. The average Bonchev–Trinajstić information content (AvgIpc) is 4.10. The number of nitrogens with zero attached hydrogens (tertiary/aromatic N) is 12. The number of nitrogens with one attached hydrogen (secondary N) is 1. The van der Waals surface area contributed by atoms with Crippen LogP contribution in [0.1, 0.15) is 85.0 Å². The highest BCUT2D eigenvalue weighted by Gasteiger charge is 2.47. The van der Waals surface area contributed by atoms with Crippen molar-refractivity contribution >= 4 is 80.9 Å². The fraction of sp³-hybridized carbons (Fsp3) is 0.524. The highest BCUT2D eigenvalue weighted by atomic mass is 35.5. The highest BCUT2D eigenvalue weighted by molar-refractivity contribution is 8.00. The first-order valence-corrected chi connectivity index (χ1v) is 24.8. The molecular weight excluding hydrogens is 884 g/mol. The molecule has 62 heavy (non-hydrogen) atoms. The zero-order chi connectivity index (χ0) is 43.1. The van der Waals surface area contributed by atoms with Crippen molar-refractivity contribution in [3.05, 3.63) is 72.0 Å². The Kier molecular flexibility index (Phi) is 12.7. The van der Waals surface area contributed by atoms with E-state index in [1.165, 1.54) is 55.6 Å². The van der Waals surface area contributed by atoms with Crippen LogP contribution in [0.2, 0.25) is 10.3 Å². The summed E-state index contributed by atoms with van der Waals surface area (Å²) in [7, 11) is -1.04. The molecule has 0 radical (unpaired) electrons. The number of piperidine rings is 2. The predicted octanol–water partition coefficient (Wildman–Crippen LogP) is 7.94. The highest BCUT2D eigenvalue weighted by Crippen LogP contribution is 2.48. The van der Waals surface area contributed by atoms with Crippen molar-refractivity contribution < 1.29 is 4.21 Å². The topological polar surface area (TPSA) is 174 Å². The summed E-state index contributed by atoms with van der Waals surface area (Å²) < 4.78 is 20.2. The van der Waals surface area contributed by atoms with Gasteiger partial charge >= 0.3 is 0 Å². The van der Waals surface area contributed by atoms with E-state index in [1.807, 2.05) is 63.9 Å². The maximum Gasteiger partial charge on any atom is 0.211 e. The van der Waals surface area contributed by atoms with Crippen LogP contribution in [-0.4, -0.2) is 96.4 Å². The molecule has 3 N–H and O–H groups in total. The summed E-state index contributed by atoms with van der Waals surface area (Å²) in [6.07, 6.45) is 26.2. The molecule has 6 aromatic rings. The van der Waals surface area contributed by atoms with E-state index in [0.29, 0.717) is 27.8 Å². The lowest BCUT2D eigenvalue weighted by Crippen LogP contribution is -2.51. The fourth-order valence-corrected chi connectivity index (χ4v) is 12.8. The Morgan fingerprint density at radius 1 is 0.694 bits per heavy atom. The van der Waals surface area contributed by atoms with E-state index in [1.54, 1.807) is 18.6 Å². The molecule has 2 spiro atoms. The Morgan fingerprint density at radius 2 is 1.18 bits per heavy atom. The van der Waals surface area contributed by atoms with Crippen LogP contribution in [0.3, 0.4) is 0 Å². The number of fused-ring (bicyclic) bond motifs is 2. The van der Waals surface area contributed by atoms with Gasteiger partial charge in [0.25, 0.3) is 0 Å². The number of hydrogen-bond acceptors (Lipinski definition) is 14. The van der Waals surface area contributed by atoms with Gasteiger partial charge in [-0.3, -0.25) is 8.80 Å². The first-order chi connectivity index (χ1) is 29.9.